The van der Waals surface area contributed by atoms with Crippen LogP contribution in [0.15, 0.2) is 24.3 Å². The molecule has 9 nitrogen and oxygen atoms in total. The smallest absolute Gasteiger partial charge is 0.255 e. The van der Waals surface area contributed by atoms with Crippen LogP contribution in [0.5, 0.6) is 5.75 Å². The quantitative estimate of drug-likeness (QED) is 0.183. The van der Waals surface area contributed by atoms with Gasteiger partial charge >= 0.3 is 0 Å². The molecule has 1 saturated carbocycles. The van der Waals surface area contributed by atoms with Crippen LogP contribution in [0, 0.1) is 23.2 Å². The van der Waals surface area contributed by atoms with Crippen LogP contribution in [-0.4, -0.2) is 73.7 Å². The largest absolute Gasteiger partial charge is 0.493 e. The van der Waals surface area contributed by atoms with Gasteiger partial charge < -0.3 is 36.1 Å². The molecule has 2 rings (SSSR count). The Hall–Kier alpha value is -2.20. The molecule has 3 atom stereocenters. The molecule has 9 heteroatoms. The van der Waals surface area contributed by atoms with Crippen molar-refractivity contribution in [2.75, 3.05) is 33.4 Å². The van der Waals surface area contributed by atoms with Gasteiger partial charge in [-0.15, -0.1) is 0 Å². The number of carbonyl (C=O) groups is 2. The standard InChI is InChI=1S/C31H53N3O6/c1-21(2)22(19-33-29(37)25-10-6-7-11-28(25)40-17-9-8-16-39-5)18-26(32)27(36)20-34-30(38)31(3,4)23-12-14-24(35)15-13-23/h6-7,10-11,21-24,26-27,35-36H,8-9,12-20,32H2,1-5H3,(H,33,37)(H,34,38). The zero-order valence-corrected chi connectivity index (χ0v) is 25.2. The molecule has 0 spiro atoms. The maximum atomic E-state index is 13.0. The predicted octanol–water partition coefficient (Wildman–Crippen LogP) is 3.27. The first kappa shape index (κ1) is 34.0. The van der Waals surface area contributed by atoms with E-state index in [-0.39, 0.29) is 42.2 Å². The minimum absolute atomic E-state index is 0.0385. The molecule has 0 bridgehead atoms. The van der Waals surface area contributed by atoms with E-state index in [1.165, 1.54) is 0 Å². The zero-order chi connectivity index (χ0) is 29.7. The number of para-hydroxylation sites is 1. The summed E-state index contributed by atoms with van der Waals surface area (Å²) in [4.78, 5) is 26.0. The highest BCUT2D eigenvalue weighted by Crippen LogP contribution is 2.38. The normalized spacial score (nSPS) is 20.0. The Bertz CT molecular complexity index is 901. The van der Waals surface area contributed by atoms with Gasteiger partial charge in [-0.1, -0.05) is 39.8 Å². The molecule has 228 valence electrons. The van der Waals surface area contributed by atoms with Crippen LogP contribution < -0.4 is 21.1 Å². The Balaban J connectivity index is 1.85. The van der Waals surface area contributed by atoms with Crippen LogP contribution in [0.4, 0.5) is 0 Å². The first-order chi connectivity index (χ1) is 19.0. The van der Waals surface area contributed by atoms with Crippen molar-refractivity contribution >= 4 is 11.8 Å². The van der Waals surface area contributed by atoms with Gasteiger partial charge in [-0.05, 0) is 74.8 Å². The van der Waals surface area contributed by atoms with Crippen molar-refractivity contribution in [1.29, 1.82) is 0 Å². The van der Waals surface area contributed by atoms with Crippen LogP contribution >= 0.6 is 0 Å². The van der Waals surface area contributed by atoms with Crippen molar-refractivity contribution in [3.63, 3.8) is 0 Å². The molecular formula is C31H53N3O6. The molecule has 0 radical (unpaired) electrons. The first-order valence-electron chi connectivity index (χ1n) is 14.9. The Morgan fingerprint density at radius 3 is 2.35 bits per heavy atom. The highest BCUT2D eigenvalue weighted by atomic mass is 16.5. The van der Waals surface area contributed by atoms with Crippen molar-refractivity contribution < 1.29 is 29.3 Å². The number of aliphatic hydroxyl groups excluding tert-OH is 2. The fraction of sp³-hybridized carbons (Fsp3) is 0.742. The van der Waals surface area contributed by atoms with Gasteiger partial charge in [0.15, 0.2) is 0 Å². The summed E-state index contributed by atoms with van der Waals surface area (Å²) in [5.74, 6) is 0.692. The number of methoxy groups -OCH3 is 1. The summed E-state index contributed by atoms with van der Waals surface area (Å²) < 4.78 is 10.9. The first-order valence-corrected chi connectivity index (χ1v) is 14.9. The third-order valence-electron chi connectivity index (χ3n) is 8.44. The number of aliphatic hydroxyl groups is 2. The maximum absolute atomic E-state index is 13.0. The molecule has 0 saturated heterocycles. The van der Waals surface area contributed by atoms with E-state index in [9.17, 15) is 19.8 Å². The number of nitrogens with one attached hydrogen (secondary N) is 2. The molecule has 1 aliphatic rings. The lowest BCUT2D eigenvalue weighted by atomic mass is 9.70. The molecule has 1 aromatic rings. The lowest BCUT2D eigenvalue weighted by molar-refractivity contribution is -0.134. The van der Waals surface area contributed by atoms with Crippen molar-refractivity contribution in [2.45, 2.75) is 90.9 Å². The molecule has 0 heterocycles. The van der Waals surface area contributed by atoms with E-state index in [2.05, 4.69) is 24.5 Å². The van der Waals surface area contributed by atoms with E-state index in [0.717, 1.165) is 38.5 Å². The summed E-state index contributed by atoms with van der Waals surface area (Å²) in [6.45, 7) is 9.66. The highest BCUT2D eigenvalue weighted by molar-refractivity contribution is 5.96. The molecule has 6 N–H and O–H groups in total. The maximum Gasteiger partial charge on any atom is 0.255 e. The van der Waals surface area contributed by atoms with E-state index in [0.29, 0.717) is 37.5 Å². The van der Waals surface area contributed by atoms with Crippen LogP contribution in [0.25, 0.3) is 0 Å². The average Bonchev–Trinajstić information content (AvgIpc) is 2.93. The van der Waals surface area contributed by atoms with Gasteiger partial charge in [-0.2, -0.15) is 0 Å². The van der Waals surface area contributed by atoms with Gasteiger partial charge in [0.2, 0.25) is 5.91 Å². The van der Waals surface area contributed by atoms with Gasteiger partial charge in [-0.25, -0.2) is 0 Å². The molecule has 1 fully saturated rings. The molecule has 2 amide bonds. The second-order valence-corrected chi connectivity index (χ2v) is 12.2. The van der Waals surface area contributed by atoms with Crippen molar-refractivity contribution in [2.24, 2.45) is 28.9 Å². The Morgan fingerprint density at radius 2 is 1.70 bits per heavy atom. The van der Waals surface area contributed by atoms with Gasteiger partial charge in [0.25, 0.3) is 5.91 Å². The third kappa shape index (κ3) is 10.7. The number of amides is 2. The molecule has 0 aliphatic heterocycles. The molecule has 1 aromatic carbocycles. The van der Waals surface area contributed by atoms with Crippen molar-refractivity contribution in [3.8, 4) is 5.75 Å². The van der Waals surface area contributed by atoms with Gasteiger partial charge in [-0.3, -0.25) is 9.59 Å². The second-order valence-electron chi connectivity index (χ2n) is 12.2. The van der Waals surface area contributed by atoms with E-state index in [1.54, 1.807) is 19.2 Å². The summed E-state index contributed by atoms with van der Waals surface area (Å²) in [7, 11) is 1.67. The number of rotatable bonds is 17. The van der Waals surface area contributed by atoms with Gasteiger partial charge in [0.05, 0.1) is 24.4 Å². The topological polar surface area (TPSA) is 143 Å². The Morgan fingerprint density at radius 1 is 1.05 bits per heavy atom. The van der Waals surface area contributed by atoms with Crippen molar-refractivity contribution in [3.05, 3.63) is 29.8 Å². The number of hydrogen-bond acceptors (Lipinski definition) is 7. The van der Waals surface area contributed by atoms with Gasteiger partial charge in [0, 0.05) is 38.3 Å². The molecule has 0 aromatic heterocycles. The van der Waals surface area contributed by atoms with E-state index >= 15 is 0 Å². The summed E-state index contributed by atoms with van der Waals surface area (Å²) in [5, 5.41) is 26.5. The number of benzene rings is 1. The zero-order valence-electron chi connectivity index (χ0n) is 25.2. The lowest BCUT2D eigenvalue weighted by Crippen LogP contribution is -2.49. The fourth-order valence-corrected chi connectivity index (χ4v) is 5.29. The monoisotopic (exact) mass is 563 g/mol. The summed E-state index contributed by atoms with van der Waals surface area (Å²) >= 11 is 0. The number of hydrogen-bond donors (Lipinski definition) is 5. The van der Waals surface area contributed by atoms with Crippen LogP contribution in [0.1, 0.15) is 83.0 Å². The van der Waals surface area contributed by atoms with E-state index in [4.69, 9.17) is 15.2 Å². The SMILES string of the molecule is COCCCCOc1ccccc1C(=O)NCC(CC(N)C(O)CNC(=O)C(C)(C)C1CCC(O)CC1)C(C)C. The summed E-state index contributed by atoms with van der Waals surface area (Å²) in [6.07, 6.45) is 4.11. The third-order valence-corrected chi connectivity index (χ3v) is 8.44. The molecule has 40 heavy (non-hydrogen) atoms. The number of carbonyl (C=O) groups excluding carboxylic acids is 2. The van der Waals surface area contributed by atoms with Crippen LogP contribution in [-0.2, 0) is 9.53 Å². The van der Waals surface area contributed by atoms with E-state index < -0.39 is 17.6 Å². The minimum Gasteiger partial charge on any atom is -0.493 e. The summed E-state index contributed by atoms with van der Waals surface area (Å²) in [5.41, 5.74) is 6.27. The number of unbranched alkanes of at least 4 members (excludes halogenated alkanes) is 1. The predicted molar refractivity (Wildman–Crippen MR) is 157 cm³/mol. The van der Waals surface area contributed by atoms with E-state index in [1.807, 2.05) is 26.0 Å². The van der Waals surface area contributed by atoms with Crippen LogP contribution in [0.2, 0.25) is 0 Å². The number of nitrogens with two attached hydrogens (primary N) is 1. The van der Waals surface area contributed by atoms with Crippen LogP contribution in [0.3, 0.4) is 0 Å². The summed E-state index contributed by atoms with van der Waals surface area (Å²) in [6, 6.07) is 6.65. The highest BCUT2D eigenvalue weighted by Gasteiger charge is 2.38. The minimum atomic E-state index is -0.905. The Labute approximate surface area is 240 Å². The molecule has 1 aliphatic carbocycles. The average molecular weight is 564 g/mol. The lowest BCUT2D eigenvalue weighted by Gasteiger charge is -2.37. The van der Waals surface area contributed by atoms with Gasteiger partial charge in [0.1, 0.15) is 5.75 Å². The molecular weight excluding hydrogens is 510 g/mol. The fourth-order valence-electron chi connectivity index (χ4n) is 5.29. The Kier molecular flexibility index (Phi) is 14.4. The molecule has 3 unspecified atom stereocenters. The second kappa shape index (κ2) is 16.9. The van der Waals surface area contributed by atoms with Crippen molar-refractivity contribution in [1.82, 2.24) is 10.6 Å². The number of ether oxygens (including phenoxy) is 2.